The molecule has 7 heteroatoms. The Kier molecular flexibility index (Phi) is 4.80. The summed E-state index contributed by atoms with van der Waals surface area (Å²) < 4.78 is 30.8. The highest BCUT2D eigenvalue weighted by atomic mass is 35.5. The molecular formula is C10H11ClF2N2O2. The molecule has 0 bridgehead atoms. The summed E-state index contributed by atoms with van der Waals surface area (Å²) in [6, 6.07) is 1.51. The van der Waals surface area contributed by atoms with E-state index < -0.39 is 23.6 Å². The highest BCUT2D eigenvalue weighted by Gasteiger charge is 2.19. The van der Waals surface area contributed by atoms with Gasteiger partial charge in [0, 0.05) is 19.7 Å². The summed E-state index contributed by atoms with van der Waals surface area (Å²) in [6.07, 6.45) is -0.921. The summed E-state index contributed by atoms with van der Waals surface area (Å²) in [4.78, 5) is 11.5. The molecule has 94 valence electrons. The average Bonchev–Trinajstić information content (AvgIpc) is 2.25. The average molecular weight is 265 g/mol. The first-order chi connectivity index (χ1) is 7.99. The number of benzene rings is 1. The number of nitrogens with one attached hydrogen (secondary N) is 1. The van der Waals surface area contributed by atoms with E-state index in [-0.39, 0.29) is 17.3 Å². The van der Waals surface area contributed by atoms with Crippen molar-refractivity contribution in [3.63, 3.8) is 0 Å². The van der Waals surface area contributed by atoms with Gasteiger partial charge in [-0.1, -0.05) is 11.6 Å². The van der Waals surface area contributed by atoms with Crippen molar-refractivity contribution >= 4 is 23.2 Å². The van der Waals surface area contributed by atoms with E-state index >= 15 is 0 Å². The summed E-state index contributed by atoms with van der Waals surface area (Å²) >= 11 is 5.60. The fourth-order valence-electron chi connectivity index (χ4n) is 1.18. The molecule has 1 rings (SSSR count). The second-order valence-corrected chi connectivity index (χ2v) is 3.60. The van der Waals surface area contributed by atoms with Gasteiger partial charge in [-0.05, 0) is 6.07 Å². The van der Waals surface area contributed by atoms with Crippen molar-refractivity contribution in [2.24, 2.45) is 5.73 Å². The third kappa shape index (κ3) is 3.36. The molecular weight excluding hydrogens is 254 g/mol. The topological polar surface area (TPSA) is 64.3 Å². The molecule has 0 saturated carbocycles. The van der Waals surface area contributed by atoms with E-state index in [1.807, 2.05) is 0 Å². The van der Waals surface area contributed by atoms with Crippen LogP contribution in [0.15, 0.2) is 12.1 Å². The van der Waals surface area contributed by atoms with Gasteiger partial charge in [0.15, 0.2) is 5.82 Å². The van der Waals surface area contributed by atoms with Crippen LogP contribution in [0.1, 0.15) is 0 Å². The van der Waals surface area contributed by atoms with Crippen molar-refractivity contribution in [1.29, 1.82) is 0 Å². The van der Waals surface area contributed by atoms with Crippen molar-refractivity contribution < 1.29 is 18.3 Å². The summed E-state index contributed by atoms with van der Waals surface area (Å²) in [6.45, 7) is -0.0667. The monoisotopic (exact) mass is 264 g/mol. The first-order valence-corrected chi connectivity index (χ1v) is 5.05. The number of carbonyl (C=O) groups is 1. The molecule has 0 aliphatic carbocycles. The summed E-state index contributed by atoms with van der Waals surface area (Å²) in [7, 11) is 1.29. The smallest absolute Gasteiger partial charge is 0.254 e. The van der Waals surface area contributed by atoms with Gasteiger partial charge in [-0.3, -0.25) is 4.79 Å². The molecule has 0 heterocycles. The van der Waals surface area contributed by atoms with Crippen LogP contribution in [-0.4, -0.2) is 25.7 Å². The third-order valence-corrected chi connectivity index (χ3v) is 2.34. The van der Waals surface area contributed by atoms with Crippen LogP contribution in [0.4, 0.5) is 14.5 Å². The van der Waals surface area contributed by atoms with E-state index in [0.717, 1.165) is 6.07 Å². The predicted octanol–water partition coefficient (Wildman–Crippen LogP) is 1.53. The number of hydrogen-bond acceptors (Lipinski definition) is 3. The number of hydrogen-bond donors (Lipinski definition) is 2. The number of ether oxygens (including phenoxy) is 1. The highest BCUT2D eigenvalue weighted by Crippen LogP contribution is 2.26. The SMILES string of the molecule is COC(CN)C(=O)Nc1c(F)cc(F)cc1Cl. The Balaban J connectivity index is 2.92. The lowest BCUT2D eigenvalue weighted by Crippen LogP contribution is -2.36. The van der Waals surface area contributed by atoms with E-state index in [1.165, 1.54) is 7.11 Å². The molecule has 1 aromatic carbocycles. The zero-order chi connectivity index (χ0) is 13.0. The van der Waals surface area contributed by atoms with Gasteiger partial charge in [0.25, 0.3) is 5.91 Å². The number of nitrogens with two attached hydrogens (primary N) is 1. The quantitative estimate of drug-likeness (QED) is 0.867. The van der Waals surface area contributed by atoms with Crippen LogP contribution in [-0.2, 0) is 9.53 Å². The van der Waals surface area contributed by atoms with E-state index in [4.69, 9.17) is 22.1 Å². The molecule has 4 nitrogen and oxygen atoms in total. The molecule has 0 saturated heterocycles. The van der Waals surface area contributed by atoms with Crippen LogP contribution in [0.25, 0.3) is 0 Å². The second kappa shape index (κ2) is 5.90. The number of amides is 1. The third-order valence-electron chi connectivity index (χ3n) is 2.05. The van der Waals surface area contributed by atoms with Crippen molar-refractivity contribution in [3.05, 3.63) is 28.8 Å². The second-order valence-electron chi connectivity index (χ2n) is 3.19. The predicted molar refractivity (Wildman–Crippen MR) is 59.8 cm³/mol. The number of anilines is 1. The molecule has 0 radical (unpaired) electrons. The summed E-state index contributed by atoms with van der Waals surface area (Å²) in [5.41, 5.74) is 4.97. The van der Waals surface area contributed by atoms with Crippen LogP contribution in [0.5, 0.6) is 0 Å². The van der Waals surface area contributed by atoms with Gasteiger partial charge < -0.3 is 15.8 Å². The Morgan fingerprint density at radius 3 is 2.71 bits per heavy atom. The van der Waals surface area contributed by atoms with Gasteiger partial charge in [0.2, 0.25) is 0 Å². The number of methoxy groups -OCH3 is 1. The van der Waals surface area contributed by atoms with Crippen LogP contribution in [0.3, 0.4) is 0 Å². The Hall–Kier alpha value is -1.24. The minimum atomic E-state index is -0.963. The number of halogens is 3. The molecule has 0 aliphatic rings. The minimum absolute atomic E-state index is 0.0667. The fourth-order valence-corrected chi connectivity index (χ4v) is 1.42. The van der Waals surface area contributed by atoms with Gasteiger partial charge in [-0.25, -0.2) is 8.78 Å². The van der Waals surface area contributed by atoms with E-state index in [9.17, 15) is 13.6 Å². The maximum Gasteiger partial charge on any atom is 0.254 e. The maximum atomic E-state index is 13.3. The largest absolute Gasteiger partial charge is 0.370 e. The number of rotatable bonds is 4. The van der Waals surface area contributed by atoms with Crippen molar-refractivity contribution in [2.45, 2.75) is 6.10 Å². The van der Waals surface area contributed by atoms with Gasteiger partial charge in [0.1, 0.15) is 11.9 Å². The Morgan fingerprint density at radius 1 is 1.59 bits per heavy atom. The van der Waals surface area contributed by atoms with Gasteiger partial charge in [-0.15, -0.1) is 0 Å². The van der Waals surface area contributed by atoms with E-state index in [1.54, 1.807) is 0 Å². The zero-order valence-corrected chi connectivity index (χ0v) is 9.72. The molecule has 0 spiro atoms. The molecule has 0 fully saturated rings. The first-order valence-electron chi connectivity index (χ1n) is 4.67. The molecule has 0 aliphatic heterocycles. The first kappa shape index (κ1) is 13.8. The van der Waals surface area contributed by atoms with Gasteiger partial charge >= 0.3 is 0 Å². The molecule has 3 N–H and O–H groups in total. The van der Waals surface area contributed by atoms with Crippen LogP contribution in [0.2, 0.25) is 5.02 Å². The van der Waals surface area contributed by atoms with Gasteiger partial charge in [0.05, 0.1) is 10.7 Å². The zero-order valence-electron chi connectivity index (χ0n) is 8.97. The lowest BCUT2D eigenvalue weighted by atomic mass is 10.2. The molecule has 1 unspecified atom stereocenters. The van der Waals surface area contributed by atoms with Crippen LogP contribution >= 0.6 is 11.6 Å². The molecule has 17 heavy (non-hydrogen) atoms. The Bertz CT molecular complexity index is 402. The van der Waals surface area contributed by atoms with Crippen molar-refractivity contribution in [3.8, 4) is 0 Å². The van der Waals surface area contributed by atoms with E-state index in [0.29, 0.717) is 6.07 Å². The standard InChI is InChI=1S/C10H11ClF2N2O2/c1-17-8(4-14)10(16)15-9-6(11)2-5(12)3-7(9)13/h2-3,8H,4,14H2,1H3,(H,15,16). The Labute approximate surface area is 102 Å². The lowest BCUT2D eigenvalue weighted by Gasteiger charge is -2.14. The summed E-state index contributed by atoms with van der Waals surface area (Å²) in [5, 5.41) is 1.96. The van der Waals surface area contributed by atoms with Crippen LogP contribution in [0, 0.1) is 11.6 Å². The summed E-state index contributed by atoms with van der Waals surface area (Å²) in [5.74, 6) is -2.44. The normalized spacial score (nSPS) is 12.3. The highest BCUT2D eigenvalue weighted by molar-refractivity contribution is 6.33. The maximum absolute atomic E-state index is 13.3. The molecule has 0 aromatic heterocycles. The van der Waals surface area contributed by atoms with Crippen molar-refractivity contribution in [1.82, 2.24) is 0 Å². The molecule has 1 aromatic rings. The Morgan fingerprint density at radius 2 is 2.24 bits per heavy atom. The molecule has 1 atom stereocenters. The number of carbonyl (C=O) groups excluding carboxylic acids is 1. The lowest BCUT2D eigenvalue weighted by molar-refractivity contribution is -0.125. The fraction of sp³-hybridized carbons (Fsp3) is 0.300. The van der Waals surface area contributed by atoms with Crippen molar-refractivity contribution in [2.75, 3.05) is 19.0 Å². The van der Waals surface area contributed by atoms with E-state index in [2.05, 4.69) is 5.32 Å². The minimum Gasteiger partial charge on any atom is -0.370 e. The van der Waals surface area contributed by atoms with Crippen LogP contribution < -0.4 is 11.1 Å². The van der Waals surface area contributed by atoms with Gasteiger partial charge in [-0.2, -0.15) is 0 Å². The molecule has 1 amide bonds.